The van der Waals surface area contributed by atoms with E-state index >= 15 is 0 Å². The zero-order valence-electron chi connectivity index (χ0n) is 10.7. The molecule has 1 aromatic carbocycles. The summed E-state index contributed by atoms with van der Waals surface area (Å²) < 4.78 is 5.45. The number of hydrogen-bond donors (Lipinski definition) is 1. The molecular weight excluding hydrogens is 234 g/mol. The van der Waals surface area contributed by atoms with Crippen molar-refractivity contribution in [2.75, 3.05) is 13.6 Å². The van der Waals surface area contributed by atoms with E-state index in [0.717, 1.165) is 10.5 Å². The number of likely N-dealkylation sites (N-methyl/N-ethyl adjacent to an activating group) is 1. The van der Waals surface area contributed by atoms with Gasteiger partial charge in [0, 0.05) is 7.05 Å². The largest absolute Gasteiger partial charge is 0.481 e. The van der Waals surface area contributed by atoms with Crippen LogP contribution in [0.3, 0.4) is 0 Å². The molecule has 5 heteroatoms. The normalized spacial score (nSPS) is 11.7. The Labute approximate surface area is 106 Å². The number of rotatable bonds is 5. The quantitative estimate of drug-likeness (QED) is 0.856. The third-order valence-corrected chi connectivity index (χ3v) is 2.43. The van der Waals surface area contributed by atoms with Crippen LogP contribution in [0.1, 0.15) is 12.5 Å². The fourth-order valence-corrected chi connectivity index (χ4v) is 1.46. The van der Waals surface area contributed by atoms with Gasteiger partial charge < -0.3 is 14.7 Å². The summed E-state index contributed by atoms with van der Waals surface area (Å²) in [5.74, 6) is -0.823. The van der Waals surface area contributed by atoms with Gasteiger partial charge in [0.1, 0.15) is 12.3 Å². The minimum Gasteiger partial charge on any atom is -0.481 e. The lowest BCUT2D eigenvalue weighted by atomic mass is 10.2. The number of carboxylic acids is 1. The molecule has 0 aromatic heterocycles. The average Bonchev–Trinajstić information content (AvgIpc) is 2.30. The highest BCUT2D eigenvalue weighted by Gasteiger charge is 2.20. The lowest BCUT2D eigenvalue weighted by molar-refractivity contribution is -0.146. The van der Waals surface area contributed by atoms with Crippen molar-refractivity contribution in [3.05, 3.63) is 29.8 Å². The standard InChI is InChI=1S/C13H17NO4/c1-9-4-6-11(7-5-9)18-10(2)13(17)14(3)8-12(15)16/h4-7,10H,8H2,1-3H3,(H,15,16). The van der Waals surface area contributed by atoms with E-state index in [-0.39, 0.29) is 12.5 Å². The van der Waals surface area contributed by atoms with Gasteiger partial charge >= 0.3 is 5.97 Å². The second kappa shape index (κ2) is 6.05. The molecule has 1 atom stereocenters. The second-order valence-electron chi connectivity index (χ2n) is 4.16. The molecule has 1 aromatic rings. The van der Waals surface area contributed by atoms with E-state index in [1.54, 1.807) is 19.1 Å². The van der Waals surface area contributed by atoms with Crippen LogP contribution in [0.25, 0.3) is 0 Å². The predicted molar refractivity (Wildman–Crippen MR) is 66.5 cm³/mol. The number of carbonyl (C=O) groups is 2. The Balaban J connectivity index is 2.59. The van der Waals surface area contributed by atoms with Gasteiger partial charge in [-0.2, -0.15) is 0 Å². The average molecular weight is 251 g/mol. The zero-order chi connectivity index (χ0) is 13.7. The molecule has 1 rings (SSSR count). The van der Waals surface area contributed by atoms with Gasteiger partial charge in [0.25, 0.3) is 5.91 Å². The number of carbonyl (C=O) groups excluding carboxylic acids is 1. The van der Waals surface area contributed by atoms with Gasteiger partial charge in [0.05, 0.1) is 0 Å². The summed E-state index contributed by atoms with van der Waals surface area (Å²) in [5.41, 5.74) is 1.10. The highest BCUT2D eigenvalue weighted by molar-refractivity contribution is 5.84. The number of carboxylic acid groups (broad SMARTS) is 1. The van der Waals surface area contributed by atoms with E-state index in [1.807, 2.05) is 19.1 Å². The van der Waals surface area contributed by atoms with E-state index in [4.69, 9.17) is 9.84 Å². The van der Waals surface area contributed by atoms with Crippen molar-refractivity contribution in [1.82, 2.24) is 4.90 Å². The fourth-order valence-electron chi connectivity index (χ4n) is 1.46. The molecule has 0 spiro atoms. The molecule has 0 saturated heterocycles. The van der Waals surface area contributed by atoms with E-state index in [0.29, 0.717) is 5.75 Å². The Bertz CT molecular complexity index is 427. The van der Waals surface area contributed by atoms with Crippen molar-refractivity contribution < 1.29 is 19.4 Å². The summed E-state index contributed by atoms with van der Waals surface area (Å²) in [5, 5.41) is 8.60. The SMILES string of the molecule is Cc1ccc(OC(C)C(=O)N(C)CC(=O)O)cc1. The first kappa shape index (κ1) is 14.0. The van der Waals surface area contributed by atoms with Gasteiger partial charge in [-0.25, -0.2) is 0 Å². The molecule has 1 amide bonds. The molecule has 0 bridgehead atoms. The highest BCUT2D eigenvalue weighted by Crippen LogP contribution is 2.13. The first-order valence-corrected chi connectivity index (χ1v) is 5.60. The van der Waals surface area contributed by atoms with Gasteiger partial charge in [-0.15, -0.1) is 0 Å². The molecule has 0 aliphatic rings. The van der Waals surface area contributed by atoms with Gasteiger partial charge in [-0.3, -0.25) is 9.59 Å². The molecular formula is C13H17NO4. The summed E-state index contributed by atoms with van der Waals surface area (Å²) in [7, 11) is 1.44. The lowest BCUT2D eigenvalue weighted by Gasteiger charge is -2.20. The predicted octanol–water partition coefficient (Wildman–Crippen LogP) is 1.31. The molecule has 0 saturated carbocycles. The van der Waals surface area contributed by atoms with E-state index in [9.17, 15) is 9.59 Å². The van der Waals surface area contributed by atoms with Crippen molar-refractivity contribution in [3.8, 4) is 5.75 Å². The topological polar surface area (TPSA) is 66.8 Å². The van der Waals surface area contributed by atoms with Crippen molar-refractivity contribution in [3.63, 3.8) is 0 Å². The van der Waals surface area contributed by atoms with Gasteiger partial charge in [0.15, 0.2) is 6.10 Å². The van der Waals surface area contributed by atoms with Crippen LogP contribution in [0.2, 0.25) is 0 Å². The summed E-state index contributed by atoms with van der Waals surface area (Å²) >= 11 is 0. The maximum atomic E-state index is 11.8. The molecule has 18 heavy (non-hydrogen) atoms. The Morgan fingerprint density at radius 1 is 1.33 bits per heavy atom. The van der Waals surface area contributed by atoms with Gasteiger partial charge in [0.2, 0.25) is 0 Å². The van der Waals surface area contributed by atoms with Crippen LogP contribution in [0.5, 0.6) is 5.75 Å². The van der Waals surface area contributed by atoms with Crippen molar-refractivity contribution >= 4 is 11.9 Å². The minimum absolute atomic E-state index is 0.333. The number of hydrogen-bond acceptors (Lipinski definition) is 3. The third-order valence-electron chi connectivity index (χ3n) is 2.43. The zero-order valence-corrected chi connectivity index (χ0v) is 10.7. The van der Waals surface area contributed by atoms with E-state index in [2.05, 4.69) is 0 Å². The van der Waals surface area contributed by atoms with Crippen molar-refractivity contribution in [1.29, 1.82) is 0 Å². The highest BCUT2D eigenvalue weighted by atomic mass is 16.5. The van der Waals surface area contributed by atoms with Crippen LogP contribution in [0.4, 0.5) is 0 Å². The molecule has 0 aliphatic heterocycles. The van der Waals surface area contributed by atoms with E-state index in [1.165, 1.54) is 7.05 Å². The Kier molecular flexibility index (Phi) is 4.71. The summed E-state index contributed by atoms with van der Waals surface area (Å²) in [6.45, 7) is 3.22. The first-order chi connectivity index (χ1) is 8.40. The van der Waals surface area contributed by atoms with Crippen LogP contribution in [0.15, 0.2) is 24.3 Å². The van der Waals surface area contributed by atoms with Crippen molar-refractivity contribution in [2.24, 2.45) is 0 Å². The number of aliphatic carboxylic acids is 1. The summed E-state index contributed by atoms with van der Waals surface area (Å²) in [4.78, 5) is 23.4. The minimum atomic E-state index is -1.05. The molecule has 1 unspecified atom stereocenters. The molecule has 0 radical (unpaired) electrons. The van der Waals surface area contributed by atoms with Crippen LogP contribution < -0.4 is 4.74 Å². The number of benzene rings is 1. The first-order valence-electron chi connectivity index (χ1n) is 5.60. The Morgan fingerprint density at radius 3 is 2.39 bits per heavy atom. The second-order valence-corrected chi connectivity index (χ2v) is 4.16. The van der Waals surface area contributed by atoms with Crippen LogP contribution in [0, 0.1) is 6.92 Å². The van der Waals surface area contributed by atoms with Crippen LogP contribution >= 0.6 is 0 Å². The lowest BCUT2D eigenvalue weighted by Crippen LogP contribution is -2.40. The molecule has 98 valence electrons. The number of nitrogens with zero attached hydrogens (tertiary/aromatic N) is 1. The van der Waals surface area contributed by atoms with Crippen molar-refractivity contribution in [2.45, 2.75) is 20.0 Å². The molecule has 1 N–H and O–H groups in total. The monoisotopic (exact) mass is 251 g/mol. The van der Waals surface area contributed by atoms with Gasteiger partial charge in [-0.1, -0.05) is 17.7 Å². The smallest absolute Gasteiger partial charge is 0.323 e. The summed E-state index contributed by atoms with van der Waals surface area (Å²) in [6.07, 6.45) is -0.711. The maximum Gasteiger partial charge on any atom is 0.323 e. The number of aryl methyl sites for hydroxylation is 1. The Morgan fingerprint density at radius 2 is 1.89 bits per heavy atom. The number of ether oxygens (including phenoxy) is 1. The maximum absolute atomic E-state index is 11.8. The van der Waals surface area contributed by atoms with E-state index < -0.39 is 12.1 Å². The Hall–Kier alpha value is -2.04. The fraction of sp³-hybridized carbons (Fsp3) is 0.385. The van der Waals surface area contributed by atoms with Gasteiger partial charge in [-0.05, 0) is 26.0 Å². The molecule has 0 fully saturated rings. The van der Waals surface area contributed by atoms with Crippen LogP contribution in [-0.2, 0) is 9.59 Å². The number of amides is 1. The summed E-state index contributed by atoms with van der Waals surface area (Å²) in [6, 6.07) is 7.31. The molecule has 5 nitrogen and oxygen atoms in total. The molecule has 0 aliphatic carbocycles. The molecule has 0 heterocycles. The van der Waals surface area contributed by atoms with Crippen LogP contribution in [-0.4, -0.2) is 41.6 Å². The third kappa shape index (κ3) is 4.08.